The van der Waals surface area contributed by atoms with Crippen LogP contribution in [0.1, 0.15) is 22.5 Å². The van der Waals surface area contributed by atoms with Crippen molar-refractivity contribution in [3.8, 4) is 0 Å². The number of ether oxygens (including phenoxy) is 1. The zero-order valence-electron chi connectivity index (χ0n) is 11.8. The summed E-state index contributed by atoms with van der Waals surface area (Å²) in [6, 6.07) is 10.8. The van der Waals surface area contributed by atoms with Crippen LogP contribution in [0.25, 0.3) is 0 Å². The maximum Gasteiger partial charge on any atom is 0.429 e. The molecule has 1 aliphatic heterocycles. The lowest BCUT2D eigenvalue weighted by Gasteiger charge is -2.26. The van der Waals surface area contributed by atoms with Crippen LogP contribution in [0, 0.1) is 0 Å². The minimum absolute atomic E-state index is 0.0998. The summed E-state index contributed by atoms with van der Waals surface area (Å²) >= 11 is 0. The first-order valence-electron chi connectivity index (χ1n) is 6.96. The van der Waals surface area contributed by atoms with Gasteiger partial charge in [-0.05, 0) is 12.0 Å². The lowest BCUT2D eigenvalue weighted by molar-refractivity contribution is 0.00856. The monoisotopic (exact) mass is 301 g/mol. The van der Waals surface area contributed by atoms with Crippen LogP contribution in [0.15, 0.2) is 47.1 Å². The topological polar surface area (TPSA) is 75.9 Å². The third kappa shape index (κ3) is 2.93. The highest BCUT2D eigenvalue weighted by Gasteiger charge is 2.33. The Kier molecular flexibility index (Phi) is 4.04. The van der Waals surface area contributed by atoms with Crippen molar-refractivity contribution < 1.29 is 18.8 Å². The molecule has 2 amide bonds. The Bertz CT molecular complexity index is 642. The SMILES string of the molecule is O=C(OCc1ccccc1)N1CCCN1C(=O)c1ccno1. The largest absolute Gasteiger partial charge is 0.443 e. The van der Waals surface area contributed by atoms with Crippen LogP contribution in [0.5, 0.6) is 0 Å². The van der Waals surface area contributed by atoms with E-state index in [0.29, 0.717) is 19.5 Å². The molecule has 0 saturated carbocycles. The molecule has 0 aliphatic carbocycles. The molecule has 0 bridgehead atoms. The average Bonchev–Trinajstić information content (AvgIpc) is 3.24. The molecule has 1 aromatic carbocycles. The molecule has 0 unspecified atom stereocenters. The van der Waals surface area contributed by atoms with Gasteiger partial charge in [0.2, 0.25) is 5.76 Å². The number of hydrazine groups is 1. The molecule has 7 nitrogen and oxygen atoms in total. The molecule has 22 heavy (non-hydrogen) atoms. The summed E-state index contributed by atoms with van der Waals surface area (Å²) in [5.74, 6) is -0.297. The van der Waals surface area contributed by atoms with Crippen LogP contribution in [-0.4, -0.2) is 40.3 Å². The van der Waals surface area contributed by atoms with Crippen molar-refractivity contribution in [2.75, 3.05) is 13.1 Å². The van der Waals surface area contributed by atoms with Gasteiger partial charge in [-0.2, -0.15) is 0 Å². The second kappa shape index (κ2) is 6.30. The lowest BCUT2D eigenvalue weighted by Crippen LogP contribution is -2.44. The highest BCUT2D eigenvalue weighted by molar-refractivity contribution is 5.92. The van der Waals surface area contributed by atoms with Gasteiger partial charge in [-0.25, -0.2) is 14.8 Å². The number of nitrogens with zero attached hydrogens (tertiary/aromatic N) is 3. The molecule has 1 aromatic heterocycles. The number of hydrogen-bond donors (Lipinski definition) is 0. The summed E-state index contributed by atoms with van der Waals surface area (Å²) < 4.78 is 10.1. The van der Waals surface area contributed by atoms with E-state index in [1.54, 1.807) is 0 Å². The molecule has 0 spiro atoms. The fraction of sp³-hybridized carbons (Fsp3) is 0.267. The molecule has 0 radical (unpaired) electrons. The van der Waals surface area contributed by atoms with Crippen LogP contribution in [0.2, 0.25) is 0 Å². The van der Waals surface area contributed by atoms with E-state index in [1.807, 2.05) is 30.3 Å². The molecule has 1 fully saturated rings. The molecule has 1 aliphatic rings. The highest BCUT2D eigenvalue weighted by Crippen LogP contribution is 2.16. The van der Waals surface area contributed by atoms with Crippen molar-refractivity contribution in [3.63, 3.8) is 0 Å². The van der Waals surface area contributed by atoms with Crippen molar-refractivity contribution in [2.24, 2.45) is 0 Å². The zero-order chi connectivity index (χ0) is 15.4. The Morgan fingerprint density at radius 2 is 1.91 bits per heavy atom. The van der Waals surface area contributed by atoms with E-state index in [-0.39, 0.29) is 12.4 Å². The maximum absolute atomic E-state index is 12.2. The quantitative estimate of drug-likeness (QED) is 0.867. The molecular weight excluding hydrogens is 286 g/mol. The first-order chi connectivity index (χ1) is 10.8. The van der Waals surface area contributed by atoms with Crippen LogP contribution in [0.4, 0.5) is 4.79 Å². The zero-order valence-corrected chi connectivity index (χ0v) is 11.8. The minimum atomic E-state index is -0.547. The number of aromatic nitrogens is 1. The average molecular weight is 301 g/mol. The molecule has 114 valence electrons. The second-order valence-electron chi connectivity index (χ2n) is 4.82. The lowest BCUT2D eigenvalue weighted by atomic mass is 10.2. The fourth-order valence-corrected chi connectivity index (χ4v) is 2.26. The molecular formula is C15H15N3O4. The number of carbonyl (C=O) groups excluding carboxylic acids is 2. The van der Waals surface area contributed by atoms with Gasteiger partial charge in [0.15, 0.2) is 0 Å². The third-order valence-electron chi connectivity index (χ3n) is 3.33. The summed E-state index contributed by atoms with van der Waals surface area (Å²) in [7, 11) is 0. The molecule has 3 rings (SSSR count). The molecule has 2 heterocycles. The van der Waals surface area contributed by atoms with Crippen molar-refractivity contribution in [2.45, 2.75) is 13.0 Å². The summed E-state index contributed by atoms with van der Waals surface area (Å²) in [5.41, 5.74) is 0.892. The first kappa shape index (κ1) is 14.1. The van der Waals surface area contributed by atoms with E-state index in [9.17, 15) is 9.59 Å². The third-order valence-corrected chi connectivity index (χ3v) is 3.33. The van der Waals surface area contributed by atoms with Crippen LogP contribution < -0.4 is 0 Å². The van der Waals surface area contributed by atoms with E-state index in [0.717, 1.165) is 5.56 Å². The normalized spacial score (nSPS) is 14.2. The van der Waals surface area contributed by atoms with Crippen LogP contribution in [0.3, 0.4) is 0 Å². The molecule has 0 N–H and O–H groups in total. The number of benzene rings is 1. The molecule has 1 saturated heterocycles. The minimum Gasteiger partial charge on any atom is -0.443 e. The van der Waals surface area contributed by atoms with Gasteiger partial charge in [-0.1, -0.05) is 35.5 Å². The Balaban J connectivity index is 1.62. The van der Waals surface area contributed by atoms with Gasteiger partial charge in [0.25, 0.3) is 0 Å². The smallest absolute Gasteiger partial charge is 0.429 e. The van der Waals surface area contributed by atoms with Gasteiger partial charge in [0, 0.05) is 19.2 Å². The maximum atomic E-state index is 12.2. The summed E-state index contributed by atoms with van der Waals surface area (Å²) in [6.07, 6.45) is 1.54. The molecule has 0 atom stereocenters. The van der Waals surface area contributed by atoms with E-state index in [2.05, 4.69) is 5.16 Å². The number of hydrogen-bond acceptors (Lipinski definition) is 5. The van der Waals surface area contributed by atoms with Crippen molar-refractivity contribution >= 4 is 12.0 Å². The van der Waals surface area contributed by atoms with Gasteiger partial charge in [-0.3, -0.25) is 4.79 Å². The Morgan fingerprint density at radius 1 is 1.14 bits per heavy atom. The van der Waals surface area contributed by atoms with E-state index < -0.39 is 12.0 Å². The van der Waals surface area contributed by atoms with Gasteiger partial charge < -0.3 is 9.26 Å². The summed E-state index contributed by atoms with van der Waals surface area (Å²) in [6.45, 7) is 1.05. The van der Waals surface area contributed by atoms with Crippen LogP contribution >= 0.6 is 0 Å². The first-order valence-corrected chi connectivity index (χ1v) is 6.96. The Morgan fingerprint density at radius 3 is 2.64 bits per heavy atom. The number of carbonyl (C=O) groups is 2. The Hall–Kier alpha value is -2.83. The number of rotatable bonds is 3. The van der Waals surface area contributed by atoms with Gasteiger partial charge in [0.05, 0.1) is 6.20 Å². The van der Waals surface area contributed by atoms with Gasteiger partial charge in [0.1, 0.15) is 6.61 Å². The van der Waals surface area contributed by atoms with Crippen molar-refractivity contribution in [1.29, 1.82) is 0 Å². The van der Waals surface area contributed by atoms with Crippen LogP contribution in [-0.2, 0) is 11.3 Å². The summed E-state index contributed by atoms with van der Waals surface area (Å²) in [4.78, 5) is 24.4. The van der Waals surface area contributed by atoms with Gasteiger partial charge >= 0.3 is 12.0 Å². The van der Waals surface area contributed by atoms with Crippen molar-refractivity contribution in [3.05, 3.63) is 53.9 Å². The number of amides is 2. The van der Waals surface area contributed by atoms with Crippen molar-refractivity contribution in [1.82, 2.24) is 15.2 Å². The molecule has 7 heteroatoms. The Labute approximate surface area is 127 Å². The predicted octanol–water partition coefficient (Wildman–Crippen LogP) is 2.07. The van der Waals surface area contributed by atoms with E-state index >= 15 is 0 Å². The highest BCUT2D eigenvalue weighted by atomic mass is 16.6. The summed E-state index contributed by atoms with van der Waals surface area (Å²) in [5, 5.41) is 6.13. The second-order valence-corrected chi connectivity index (χ2v) is 4.82. The molecule has 2 aromatic rings. The fourth-order valence-electron chi connectivity index (χ4n) is 2.26. The van der Waals surface area contributed by atoms with Gasteiger partial charge in [-0.15, -0.1) is 0 Å². The van der Waals surface area contributed by atoms with E-state index in [1.165, 1.54) is 22.3 Å². The predicted molar refractivity (Wildman–Crippen MR) is 75.5 cm³/mol. The van der Waals surface area contributed by atoms with E-state index in [4.69, 9.17) is 9.26 Å². The standard InChI is InChI=1S/C15H15N3O4/c19-14(13-7-8-16-22-13)17-9-4-10-18(17)15(20)21-11-12-5-2-1-3-6-12/h1-3,5-8H,4,9-11H2.